The van der Waals surface area contributed by atoms with E-state index in [1.807, 2.05) is 0 Å². The molecule has 0 atom stereocenters. The van der Waals surface area contributed by atoms with Crippen LogP contribution < -0.4 is 0 Å². The van der Waals surface area contributed by atoms with Gasteiger partial charge in [0.2, 0.25) is 0 Å². The van der Waals surface area contributed by atoms with Gasteiger partial charge in [0.1, 0.15) is 0 Å². The van der Waals surface area contributed by atoms with E-state index >= 15 is 0 Å². The molecule has 0 aliphatic carbocycles. The topological polar surface area (TPSA) is 0 Å². The summed E-state index contributed by atoms with van der Waals surface area (Å²) in [5.74, 6) is 0. The van der Waals surface area contributed by atoms with Gasteiger partial charge in [0.25, 0.3) is 0 Å². The summed E-state index contributed by atoms with van der Waals surface area (Å²) in [5.41, 5.74) is 0. The third kappa shape index (κ3) is 52.4. The first kappa shape index (κ1) is 16.4. The largest absolute Gasteiger partial charge is 2.00 e. The van der Waals surface area contributed by atoms with Crippen LogP contribution in [0.25, 0.3) is 0 Å². The van der Waals surface area contributed by atoms with Gasteiger partial charge >= 0.3 is 23.1 Å². The molecular formula is C8H18Mg. The molecule has 0 saturated carbocycles. The predicted molar refractivity (Wildman–Crippen MR) is 46.3 cm³/mol. The quantitative estimate of drug-likeness (QED) is 0.407. The van der Waals surface area contributed by atoms with Gasteiger partial charge in [0, 0.05) is 0 Å². The Morgan fingerprint density at radius 2 is 1.00 bits per heavy atom. The number of hydrogen-bond acceptors (Lipinski definition) is 0. The molecule has 0 unspecified atom stereocenters. The standard InChI is InChI=1S/2C4H9.Mg/c2*1-3-4-2;/h2*1,3-4H2,2H3;/q2*-1;+2. The average Bonchev–Trinajstić information content (AvgIpc) is 1.88. The predicted octanol–water partition coefficient (Wildman–Crippen LogP) is 2.86. The maximum Gasteiger partial charge on any atom is 2.00 e. The molecule has 0 heterocycles. The second kappa shape index (κ2) is 23.3. The molecule has 1 heteroatoms. The maximum atomic E-state index is 3.60. The van der Waals surface area contributed by atoms with E-state index in [9.17, 15) is 0 Å². The fourth-order valence-electron chi connectivity index (χ4n) is 0. The molecule has 52 valence electrons. The van der Waals surface area contributed by atoms with E-state index in [1.54, 1.807) is 0 Å². The zero-order valence-electron chi connectivity index (χ0n) is 6.95. The molecule has 0 fully saturated rings. The van der Waals surface area contributed by atoms with Gasteiger partial charge in [0.15, 0.2) is 0 Å². The number of hydrogen-bond donors (Lipinski definition) is 0. The summed E-state index contributed by atoms with van der Waals surface area (Å²) in [4.78, 5) is 0. The van der Waals surface area contributed by atoms with Crippen LogP contribution in [-0.4, -0.2) is 23.1 Å². The van der Waals surface area contributed by atoms with Crippen molar-refractivity contribution in [2.45, 2.75) is 39.5 Å². The zero-order valence-corrected chi connectivity index (χ0v) is 8.36. The van der Waals surface area contributed by atoms with Gasteiger partial charge in [-0.3, -0.25) is 0 Å². The Morgan fingerprint density at radius 1 is 0.889 bits per heavy atom. The van der Waals surface area contributed by atoms with Crippen LogP contribution in [0.2, 0.25) is 0 Å². The Labute approximate surface area is 76.6 Å². The van der Waals surface area contributed by atoms with Crippen molar-refractivity contribution < 1.29 is 0 Å². The monoisotopic (exact) mass is 138 g/mol. The second-order valence-corrected chi connectivity index (χ2v) is 1.71. The van der Waals surface area contributed by atoms with Gasteiger partial charge in [-0.25, -0.2) is 0 Å². The normalized spacial score (nSPS) is 6.67. The summed E-state index contributed by atoms with van der Waals surface area (Å²) in [6.07, 6.45) is 4.56. The third-order valence-electron chi connectivity index (χ3n) is 0.707. The molecule has 9 heavy (non-hydrogen) atoms. The van der Waals surface area contributed by atoms with Crippen LogP contribution in [0.3, 0.4) is 0 Å². The molecule has 0 rings (SSSR count). The van der Waals surface area contributed by atoms with Crippen molar-refractivity contribution >= 4 is 23.1 Å². The maximum absolute atomic E-state index is 3.60. The molecule has 0 aliphatic heterocycles. The minimum absolute atomic E-state index is 0. The molecule has 0 bridgehead atoms. The van der Waals surface area contributed by atoms with Crippen molar-refractivity contribution in [1.29, 1.82) is 0 Å². The van der Waals surface area contributed by atoms with Gasteiger partial charge in [-0.05, 0) is 0 Å². The Bertz CT molecular complexity index is 12.5. The van der Waals surface area contributed by atoms with Crippen molar-refractivity contribution in [3.63, 3.8) is 0 Å². The van der Waals surface area contributed by atoms with Crippen LogP contribution in [0.5, 0.6) is 0 Å². The Hall–Kier alpha value is 0.766. The Balaban J connectivity index is -0.0000000720. The second-order valence-electron chi connectivity index (χ2n) is 1.71. The molecule has 0 N–H and O–H groups in total. The Kier molecular flexibility index (Phi) is 42.4. The number of unbranched alkanes of at least 4 members (excludes halogenated alkanes) is 2. The van der Waals surface area contributed by atoms with E-state index in [2.05, 4.69) is 27.7 Å². The van der Waals surface area contributed by atoms with Crippen molar-refractivity contribution in [1.82, 2.24) is 0 Å². The van der Waals surface area contributed by atoms with Crippen molar-refractivity contribution in [3.8, 4) is 0 Å². The fourth-order valence-corrected chi connectivity index (χ4v) is 0. The van der Waals surface area contributed by atoms with Crippen LogP contribution >= 0.6 is 0 Å². The SMILES string of the molecule is [CH2-]CCC.[CH2-]CCC.[Mg+2]. The Morgan fingerprint density at radius 3 is 1.00 bits per heavy atom. The summed E-state index contributed by atoms with van der Waals surface area (Å²) in [7, 11) is 0. The minimum atomic E-state index is 0. The zero-order chi connectivity index (χ0) is 6.83. The molecule has 0 aliphatic rings. The molecule has 0 aromatic heterocycles. The average molecular weight is 139 g/mol. The molecule has 0 spiro atoms. The molecule has 0 amide bonds. The molecule has 0 radical (unpaired) electrons. The number of rotatable bonds is 2. The fraction of sp³-hybridized carbons (Fsp3) is 0.750. The van der Waals surface area contributed by atoms with Crippen LogP contribution in [0.15, 0.2) is 0 Å². The van der Waals surface area contributed by atoms with E-state index in [0.29, 0.717) is 0 Å². The summed E-state index contributed by atoms with van der Waals surface area (Å²) < 4.78 is 0. The first-order valence-electron chi connectivity index (χ1n) is 3.41. The molecule has 0 nitrogen and oxygen atoms in total. The minimum Gasteiger partial charge on any atom is -0.343 e. The first-order valence-corrected chi connectivity index (χ1v) is 3.41. The van der Waals surface area contributed by atoms with Crippen molar-refractivity contribution in [2.24, 2.45) is 0 Å². The molecule has 0 saturated heterocycles. The van der Waals surface area contributed by atoms with E-state index in [0.717, 1.165) is 12.8 Å². The first-order chi connectivity index (χ1) is 3.83. The van der Waals surface area contributed by atoms with E-state index in [1.165, 1.54) is 12.8 Å². The smallest absolute Gasteiger partial charge is 0.343 e. The van der Waals surface area contributed by atoms with Gasteiger partial charge in [0.05, 0.1) is 0 Å². The van der Waals surface area contributed by atoms with Crippen molar-refractivity contribution in [3.05, 3.63) is 13.8 Å². The third-order valence-corrected chi connectivity index (χ3v) is 0.707. The van der Waals surface area contributed by atoms with Crippen LogP contribution in [0, 0.1) is 13.8 Å². The summed E-state index contributed by atoms with van der Waals surface area (Å²) in [5, 5.41) is 0. The van der Waals surface area contributed by atoms with E-state index in [4.69, 9.17) is 0 Å². The van der Waals surface area contributed by atoms with Gasteiger partial charge in [-0.15, -0.1) is 0 Å². The van der Waals surface area contributed by atoms with Crippen LogP contribution in [-0.2, 0) is 0 Å². The summed E-state index contributed by atoms with van der Waals surface area (Å²) in [6.45, 7) is 11.4. The molecule has 0 aromatic carbocycles. The molecular weight excluding hydrogens is 120 g/mol. The van der Waals surface area contributed by atoms with Gasteiger partial charge in [-0.1, -0.05) is 26.7 Å². The van der Waals surface area contributed by atoms with Gasteiger partial charge < -0.3 is 13.8 Å². The molecule has 0 aromatic rings. The van der Waals surface area contributed by atoms with E-state index < -0.39 is 0 Å². The van der Waals surface area contributed by atoms with Crippen LogP contribution in [0.1, 0.15) is 39.5 Å². The van der Waals surface area contributed by atoms with E-state index in [-0.39, 0.29) is 23.1 Å². The van der Waals surface area contributed by atoms with Gasteiger partial charge in [-0.2, -0.15) is 12.8 Å². The summed E-state index contributed by atoms with van der Waals surface area (Å²) in [6, 6.07) is 0. The van der Waals surface area contributed by atoms with Crippen molar-refractivity contribution in [2.75, 3.05) is 0 Å². The van der Waals surface area contributed by atoms with Crippen LogP contribution in [0.4, 0.5) is 0 Å². The summed E-state index contributed by atoms with van der Waals surface area (Å²) >= 11 is 0.